The molecule has 0 saturated heterocycles. The first-order chi connectivity index (χ1) is 7.63. The lowest BCUT2D eigenvalue weighted by molar-refractivity contribution is -0.125. The molecule has 0 aromatic heterocycles. The molecule has 0 aliphatic rings. The molecule has 16 heavy (non-hydrogen) atoms. The van der Waals surface area contributed by atoms with Crippen molar-refractivity contribution in [3.8, 4) is 0 Å². The fourth-order valence-electron chi connectivity index (χ4n) is 1.99. The van der Waals surface area contributed by atoms with E-state index in [1.807, 2.05) is 25.1 Å². The summed E-state index contributed by atoms with van der Waals surface area (Å²) >= 11 is 0. The first-order valence-corrected chi connectivity index (χ1v) is 5.81. The number of aliphatic hydroxyl groups is 1. The molecule has 1 rings (SSSR count). The molecular weight excluding hydrogens is 200 g/mol. The minimum absolute atomic E-state index is 0.0382. The molecule has 1 aromatic carbocycles. The Morgan fingerprint density at radius 3 is 2.44 bits per heavy atom. The topological polar surface area (TPSA) is 37.3 Å². The summed E-state index contributed by atoms with van der Waals surface area (Å²) < 4.78 is 0. The highest BCUT2D eigenvalue weighted by atomic mass is 16.3. The summed E-state index contributed by atoms with van der Waals surface area (Å²) in [6, 6.07) is 10.3. The molecule has 1 N–H and O–H groups in total. The fraction of sp³-hybridized carbons (Fsp3) is 0.500. The van der Waals surface area contributed by atoms with Gasteiger partial charge in [0.15, 0.2) is 5.78 Å². The number of carbonyl (C=O) groups excluding carboxylic acids is 1. The Labute approximate surface area is 97.3 Å². The van der Waals surface area contributed by atoms with E-state index in [9.17, 15) is 4.79 Å². The van der Waals surface area contributed by atoms with Crippen LogP contribution < -0.4 is 0 Å². The van der Waals surface area contributed by atoms with E-state index in [-0.39, 0.29) is 18.3 Å². The minimum atomic E-state index is -0.334. The van der Waals surface area contributed by atoms with Gasteiger partial charge < -0.3 is 5.11 Å². The minimum Gasteiger partial charge on any atom is -0.389 e. The molecule has 0 heterocycles. The zero-order chi connectivity index (χ0) is 12.0. The Kier molecular flexibility index (Phi) is 5.20. The van der Waals surface area contributed by atoms with Gasteiger partial charge in [0.25, 0.3) is 0 Å². The van der Waals surface area contributed by atoms with Gasteiger partial charge in [0.2, 0.25) is 0 Å². The van der Waals surface area contributed by atoms with Crippen molar-refractivity contribution >= 4 is 5.78 Å². The highest BCUT2D eigenvalue weighted by Gasteiger charge is 2.15. The second-order valence-electron chi connectivity index (χ2n) is 4.56. The first-order valence-electron chi connectivity index (χ1n) is 5.81. The quantitative estimate of drug-likeness (QED) is 0.799. The van der Waals surface area contributed by atoms with Crippen molar-refractivity contribution in [3.63, 3.8) is 0 Å². The highest BCUT2D eigenvalue weighted by molar-refractivity contribution is 5.81. The van der Waals surface area contributed by atoms with Crippen molar-refractivity contribution < 1.29 is 9.90 Å². The number of benzene rings is 1. The molecule has 0 bridgehead atoms. The van der Waals surface area contributed by atoms with Gasteiger partial charge >= 0.3 is 0 Å². The van der Waals surface area contributed by atoms with Gasteiger partial charge in [-0.1, -0.05) is 44.2 Å². The van der Waals surface area contributed by atoms with Gasteiger partial charge in [-0.05, 0) is 24.3 Å². The van der Waals surface area contributed by atoms with E-state index < -0.39 is 0 Å². The van der Waals surface area contributed by atoms with Gasteiger partial charge in [-0.2, -0.15) is 0 Å². The van der Waals surface area contributed by atoms with Gasteiger partial charge in [-0.3, -0.25) is 4.79 Å². The van der Waals surface area contributed by atoms with Crippen LogP contribution in [-0.4, -0.2) is 17.5 Å². The van der Waals surface area contributed by atoms with Crippen LogP contribution in [-0.2, 0) is 11.2 Å². The molecule has 0 spiro atoms. The summed E-state index contributed by atoms with van der Waals surface area (Å²) in [7, 11) is 0. The zero-order valence-electron chi connectivity index (χ0n) is 10.0. The zero-order valence-corrected chi connectivity index (χ0v) is 10.0. The van der Waals surface area contributed by atoms with E-state index in [0.29, 0.717) is 5.92 Å². The number of rotatable bonds is 6. The molecule has 0 aliphatic heterocycles. The van der Waals surface area contributed by atoms with Crippen LogP contribution in [0.5, 0.6) is 0 Å². The second-order valence-corrected chi connectivity index (χ2v) is 4.56. The van der Waals surface area contributed by atoms with Crippen molar-refractivity contribution in [1.29, 1.82) is 0 Å². The van der Waals surface area contributed by atoms with Gasteiger partial charge in [-0.25, -0.2) is 0 Å². The van der Waals surface area contributed by atoms with Gasteiger partial charge in [0.05, 0.1) is 0 Å². The van der Waals surface area contributed by atoms with E-state index in [0.717, 1.165) is 12.8 Å². The third-order valence-electron chi connectivity index (χ3n) is 2.89. The highest BCUT2D eigenvalue weighted by Crippen LogP contribution is 2.17. The van der Waals surface area contributed by atoms with E-state index in [4.69, 9.17) is 5.11 Å². The summed E-state index contributed by atoms with van der Waals surface area (Å²) in [4.78, 5) is 11.2. The maximum Gasteiger partial charge on any atom is 0.160 e. The summed E-state index contributed by atoms with van der Waals surface area (Å²) in [5, 5.41) is 8.76. The van der Waals surface area contributed by atoms with E-state index >= 15 is 0 Å². The molecule has 0 amide bonds. The fourth-order valence-corrected chi connectivity index (χ4v) is 1.99. The second kappa shape index (κ2) is 6.44. The van der Waals surface area contributed by atoms with Crippen LogP contribution in [0, 0.1) is 11.8 Å². The average Bonchev–Trinajstić information content (AvgIpc) is 2.29. The Morgan fingerprint density at radius 1 is 1.25 bits per heavy atom. The van der Waals surface area contributed by atoms with Gasteiger partial charge in [0, 0.05) is 5.92 Å². The van der Waals surface area contributed by atoms with Crippen molar-refractivity contribution in [2.45, 2.75) is 26.7 Å². The largest absolute Gasteiger partial charge is 0.389 e. The van der Waals surface area contributed by atoms with Crippen LogP contribution in [0.3, 0.4) is 0 Å². The van der Waals surface area contributed by atoms with E-state index in [2.05, 4.69) is 19.1 Å². The summed E-state index contributed by atoms with van der Waals surface area (Å²) in [5.74, 6) is 0.372. The average molecular weight is 220 g/mol. The van der Waals surface area contributed by atoms with Gasteiger partial charge in [-0.15, -0.1) is 0 Å². The summed E-state index contributed by atoms with van der Waals surface area (Å²) in [5.41, 5.74) is 1.30. The molecule has 2 unspecified atom stereocenters. The van der Waals surface area contributed by atoms with Crippen molar-refractivity contribution in [3.05, 3.63) is 35.9 Å². The first kappa shape index (κ1) is 12.9. The Hall–Kier alpha value is -1.15. The number of ketones is 1. The molecule has 2 nitrogen and oxygen atoms in total. The Balaban J connectivity index is 2.42. The van der Waals surface area contributed by atoms with Crippen LogP contribution in [0.1, 0.15) is 25.8 Å². The number of hydrogen-bond donors (Lipinski definition) is 1. The van der Waals surface area contributed by atoms with E-state index in [1.165, 1.54) is 5.56 Å². The predicted molar refractivity (Wildman–Crippen MR) is 65.2 cm³/mol. The molecule has 0 saturated carbocycles. The van der Waals surface area contributed by atoms with E-state index in [1.54, 1.807) is 0 Å². The maximum absolute atomic E-state index is 11.2. The van der Waals surface area contributed by atoms with Crippen molar-refractivity contribution in [1.82, 2.24) is 0 Å². The molecule has 88 valence electrons. The SMILES string of the molecule is CC(Cc1ccccc1)CC(C)C(=O)CO. The molecule has 2 heteroatoms. The van der Waals surface area contributed by atoms with Crippen LogP contribution in [0.15, 0.2) is 30.3 Å². The third-order valence-corrected chi connectivity index (χ3v) is 2.89. The van der Waals surface area contributed by atoms with Crippen LogP contribution in [0.4, 0.5) is 0 Å². The lowest BCUT2D eigenvalue weighted by Gasteiger charge is -2.15. The number of Topliss-reactive ketones (excluding diaryl/α,β-unsaturated/α-hetero) is 1. The van der Waals surface area contributed by atoms with Crippen LogP contribution in [0.2, 0.25) is 0 Å². The lowest BCUT2D eigenvalue weighted by atomic mass is 9.90. The maximum atomic E-state index is 11.2. The van der Waals surface area contributed by atoms with Crippen LogP contribution >= 0.6 is 0 Å². The van der Waals surface area contributed by atoms with Crippen molar-refractivity contribution in [2.75, 3.05) is 6.61 Å². The molecular formula is C14H20O2. The molecule has 0 aliphatic carbocycles. The molecule has 2 atom stereocenters. The Bertz CT molecular complexity index is 319. The monoisotopic (exact) mass is 220 g/mol. The van der Waals surface area contributed by atoms with Crippen LogP contribution in [0.25, 0.3) is 0 Å². The molecule has 0 radical (unpaired) electrons. The lowest BCUT2D eigenvalue weighted by Crippen LogP contribution is -2.18. The molecule has 0 fully saturated rings. The summed E-state index contributed by atoms with van der Waals surface area (Å²) in [6.07, 6.45) is 1.83. The van der Waals surface area contributed by atoms with Gasteiger partial charge in [0.1, 0.15) is 6.61 Å². The number of hydrogen-bond acceptors (Lipinski definition) is 2. The number of aliphatic hydroxyl groups excluding tert-OH is 1. The smallest absolute Gasteiger partial charge is 0.160 e. The normalized spacial score (nSPS) is 14.4. The molecule has 1 aromatic rings. The summed E-state index contributed by atoms with van der Waals surface area (Å²) in [6.45, 7) is 3.70. The third kappa shape index (κ3) is 4.15. The van der Waals surface area contributed by atoms with Crippen molar-refractivity contribution in [2.24, 2.45) is 11.8 Å². The standard InChI is InChI=1S/C14H20O2/c1-11(8-12(2)14(16)10-15)9-13-6-4-3-5-7-13/h3-7,11-12,15H,8-10H2,1-2H3. The Morgan fingerprint density at radius 2 is 1.88 bits per heavy atom. The predicted octanol–water partition coefficient (Wildman–Crippen LogP) is 2.45. The number of carbonyl (C=O) groups is 1.